The van der Waals surface area contributed by atoms with Crippen molar-refractivity contribution in [1.29, 1.82) is 0 Å². The third-order valence-corrected chi connectivity index (χ3v) is 3.64. The lowest BCUT2D eigenvalue weighted by molar-refractivity contribution is 0.116. The summed E-state index contributed by atoms with van der Waals surface area (Å²) in [5, 5.41) is 3.21. The molecule has 0 amide bonds. The molecule has 1 heterocycles. The Kier molecular flexibility index (Phi) is 3.29. The zero-order valence-electron chi connectivity index (χ0n) is 10.1. The highest BCUT2D eigenvalue weighted by atomic mass is 19.1. The predicted octanol–water partition coefficient (Wildman–Crippen LogP) is 2.94. The molecule has 1 aromatic rings. The van der Waals surface area contributed by atoms with E-state index in [9.17, 15) is 4.39 Å². The third-order valence-electron chi connectivity index (χ3n) is 3.64. The minimum Gasteiger partial charge on any atom is -0.316 e. The van der Waals surface area contributed by atoms with E-state index < -0.39 is 5.67 Å². The zero-order valence-corrected chi connectivity index (χ0v) is 10.1. The minimum absolute atomic E-state index is 0.577. The van der Waals surface area contributed by atoms with Crippen LogP contribution in [0.4, 0.5) is 4.39 Å². The molecule has 0 saturated carbocycles. The molecule has 1 nitrogen and oxygen atoms in total. The number of rotatable bonds is 2. The van der Waals surface area contributed by atoms with Crippen LogP contribution >= 0.6 is 0 Å². The molecule has 0 radical (unpaired) electrons. The smallest absolute Gasteiger partial charge is 0.117 e. The van der Waals surface area contributed by atoms with Crippen LogP contribution in [0.2, 0.25) is 0 Å². The first kappa shape index (κ1) is 11.6. The van der Waals surface area contributed by atoms with Crippen molar-refractivity contribution in [3.05, 3.63) is 34.9 Å². The lowest BCUT2D eigenvalue weighted by Crippen LogP contribution is -2.40. The SMILES string of the molecule is Cc1cccc(C)c1CC1(F)CCNCC1. The van der Waals surface area contributed by atoms with Crippen LogP contribution in [0.15, 0.2) is 18.2 Å². The second-order valence-electron chi connectivity index (χ2n) is 4.95. The molecule has 1 aromatic carbocycles. The number of benzene rings is 1. The van der Waals surface area contributed by atoms with Gasteiger partial charge in [-0.3, -0.25) is 0 Å². The number of piperidine rings is 1. The van der Waals surface area contributed by atoms with Gasteiger partial charge in [0.25, 0.3) is 0 Å². The Morgan fingerprint density at radius 3 is 2.31 bits per heavy atom. The van der Waals surface area contributed by atoms with Crippen molar-refractivity contribution in [2.75, 3.05) is 13.1 Å². The van der Waals surface area contributed by atoms with Crippen molar-refractivity contribution in [1.82, 2.24) is 5.32 Å². The molecule has 0 unspecified atom stereocenters. The van der Waals surface area contributed by atoms with Gasteiger partial charge in [-0.15, -0.1) is 0 Å². The molecule has 0 aromatic heterocycles. The standard InChI is InChI=1S/C14H20FN/c1-11-4-3-5-12(2)13(11)10-14(15)6-8-16-9-7-14/h3-5,16H,6-10H2,1-2H3. The molecule has 2 rings (SSSR count). The molecule has 0 spiro atoms. The molecule has 1 N–H and O–H groups in total. The Morgan fingerprint density at radius 1 is 1.19 bits per heavy atom. The van der Waals surface area contributed by atoms with Crippen molar-refractivity contribution >= 4 is 0 Å². The molecule has 1 aliphatic rings. The van der Waals surface area contributed by atoms with Gasteiger partial charge in [0.15, 0.2) is 0 Å². The third kappa shape index (κ3) is 2.43. The topological polar surface area (TPSA) is 12.0 Å². The minimum atomic E-state index is -0.998. The molecule has 1 aliphatic heterocycles. The van der Waals surface area contributed by atoms with E-state index in [-0.39, 0.29) is 0 Å². The van der Waals surface area contributed by atoms with Gasteiger partial charge in [-0.2, -0.15) is 0 Å². The van der Waals surface area contributed by atoms with Gasteiger partial charge in [-0.25, -0.2) is 4.39 Å². The molecule has 0 atom stereocenters. The molecule has 0 aliphatic carbocycles. The number of halogens is 1. The van der Waals surface area contributed by atoms with Gasteiger partial charge in [-0.1, -0.05) is 18.2 Å². The highest BCUT2D eigenvalue weighted by molar-refractivity contribution is 5.34. The molecule has 88 valence electrons. The fourth-order valence-electron chi connectivity index (χ4n) is 2.50. The Bertz CT molecular complexity index is 347. The molecule has 0 bridgehead atoms. The van der Waals surface area contributed by atoms with Crippen molar-refractivity contribution in [3.63, 3.8) is 0 Å². The van der Waals surface area contributed by atoms with Crippen molar-refractivity contribution in [2.24, 2.45) is 0 Å². The second-order valence-corrected chi connectivity index (χ2v) is 4.95. The maximum atomic E-state index is 14.6. The van der Waals surface area contributed by atoms with Gasteiger partial charge in [0, 0.05) is 6.42 Å². The summed E-state index contributed by atoms with van der Waals surface area (Å²) in [6, 6.07) is 6.20. The van der Waals surface area contributed by atoms with Crippen LogP contribution in [-0.2, 0) is 6.42 Å². The average molecular weight is 221 g/mol. The number of hydrogen-bond acceptors (Lipinski definition) is 1. The first-order valence-electron chi connectivity index (χ1n) is 6.05. The van der Waals surface area contributed by atoms with E-state index >= 15 is 0 Å². The van der Waals surface area contributed by atoms with E-state index in [0.29, 0.717) is 19.3 Å². The van der Waals surface area contributed by atoms with Crippen LogP contribution in [0.5, 0.6) is 0 Å². The average Bonchev–Trinajstić information content (AvgIpc) is 2.25. The first-order valence-corrected chi connectivity index (χ1v) is 6.05. The van der Waals surface area contributed by atoms with Gasteiger partial charge in [0.1, 0.15) is 5.67 Å². The van der Waals surface area contributed by atoms with E-state index in [4.69, 9.17) is 0 Å². The van der Waals surface area contributed by atoms with E-state index in [2.05, 4.69) is 31.3 Å². The largest absolute Gasteiger partial charge is 0.316 e. The summed E-state index contributed by atoms with van der Waals surface area (Å²) in [4.78, 5) is 0. The van der Waals surface area contributed by atoms with Gasteiger partial charge < -0.3 is 5.32 Å². The highest BCUT2D eigenvalue weighted by Crippen LogP contribution is 2.30. The van der Waals surface area contributed by atoms with E-state index in [1.54, 1.807) is 0 Å². The molecule has 1 saturated heterocycles. The van der Waals surface area contributed by atoms with Gasteiger partial charge >= 0.3 is 0 Å². The Morgan fingerprint density at radius 2 is 1.75 bits per heavy atom. The molecular formula is C14H20FN. The van der Waals surface area contributed by atoms with Crippen molar-refractivity contribution < 1.29 is 4.39 Å². The van der Waals surface area contributed by atoms with E-state index in [1.807, 2.05) is 6.07 Å². The first-order chi connectivity index (χ1) is 7.61. The number of hydrogen-bond donors (Lipinski definition) is 1. The van der Waals surface area contributed by atoms with Crippen LogP contribution in [0.3, 0.4) is 0 Å². The van der Waals surface area contributed by atoms with Crippen LogP contribution < -0.4 is 5.32 Å². The Labute approximate surface area is 97.1 Å². The molecule has 2 heteroatoms. The number of aryl methyl sites for hydroxylation is 2. The highest BCUT2D eigenvalue weighted by Gasteiger charge is 2.32. The van der Waals surface area contributed by atoms with Gasteiger partial charge in [-0.05, 0) is 56.5 Å². The maximum Gasteiger partial charge on any atom is 0.117 e. The second kappa shape index (κ2) is 4.54. The van der Waals surface area contributed by atoms with Crippen molar-refractivity contribution in [2.45, 2.75) is 38.8 Å². The summed E-state index contributed by atoms with van der Waals surface area (Å²) < 4.78 is 14.6. The number of alkyl halides is 1. The number of nitrogens with one attached hydrogen (secondary N) is 1. The maximum absolute atomic E-state index is 14.6. The van der Waals surface area contributed by atoms with Crippen LogP contribution in [0.25, 0.3) is 0 Å². The normalized spacial score (nSPS) is 19.7. The fraction of sp³-hybridized carbons (Fsp3) is 0.571. The summed E-state index contributed by atoms with van der Waals surface area (Å²) in [6.07, 6.45) is 1.86. The summed E-state index contributed by atoms with van der Waals surface area (Å²) in [5.74, 6) is 0. The molecule has 1 fully saturated rings. The lowest BCUT2D eigenvalue weighted by Gasteiger charge is -2.31. The Balaban J connectivity index is 2.19. The van der Waals surface area contributed by atoms with Crippen LogP contribution in [0, 0.1) is 13.8 Å². The quantitative estimate of drug-likeness (QED) is 0.809. The van der Waals surface area contributed by atoms with Gasteiger partial charge in [0.2, 0.25) is 0 Å². The summed E-state index contributed by atoms with van der Waals surface area (Å²) in [5.41, 5.74) is 2.64. The van der Waals surface area contributed by atoms with Gasteiger partial charge in [0.05, 0.1) is 0 Å². The zero-order chi connectivity index (χ0) is 11.6. The predicted molar refractivity (Wildman–Crippen MR) is 65.6 cm³/mol. The van der Waals surface area contributed by atoms with Crippen LogP contribution in [0.1, 0.15) is 29.5 Å². The van der Waals surface area contributed by atoms with Crippen molar-refractivity contribution in [3.8, 4) is 0 Å². The Hall–Kier alpha value is -0.890. The lowest BCUT2D eigenvalue weighted by atomic mass is 9.85. The summed E-state index contributed by atoms with van der Waals surface area (Å²) >= 11 is 0. The molecule has 16 heavy (non-hydrogen) atoms. The summed E-state index contributed by atoms with van der Waals surface area (Å²) in [6.45, 7) is 5.77. The molecular weight excluding hydrogens is 201 g/mol. The fourth-order valence-corrected chi connectivity index (χ4v) is 2.50. The van der Waals surface area contributed by atoms with E-state index in [1.165, 1.54) is 16.7 Å². The summed E-state index contributed by atoms with van der Waals surface area (Å²) in [7, 11) is 0. The monoisotopic (exact) mass is 221 g/mol. The van der Waals surface area contributed by atoms with Crippen LogP contribution in [-0.4, -0.2) is 18.8 Å². The van der Waals surface area contributed by atoms with E-state index in [0.717, 1.165) is 13.1 Å².